The Morgan fingerprint density at radius 1 is 1.00 bits per heavy atom. The third-order valence-electron chi connectivity index (χ3n) is 3.91. The molecule has 1 N–H and O–H groups in total. The molecule has 2 heterocycles. The summed E-state index contributed by atoms with van der Waals surface area (Å²) in [4.78, 5) is 10.8. The number of anilines is 4. The van der Waals surface area contributed by atoms with Crippen molar-refractivity contribution in [3.05, 3.63) is 72.3 Å². The van der Waals surface area contributed by atoms with Crippen LogP contribution in [0.2, 0.25) is 0 Å². The second-order valence-electron chi connectivity index (χ2n) is 5.43. The molecule has 1 aliphatic rings. The van der Waals surface area contributed by atoms with Crippen molar-refractivity contribution in [2.24, 2.45) is 0 Å². The van der Waals surface area contributed by atoms with Gasteiger partial charge in [0.05, 0.1) is 0 Å². The zero-order valence-electron chi connectivity index (χ0n) is 12.4. The molecule has 114 valence electrons. The lowest BCUT2D eigenvalue weighted by Gasteiger charge is -2.18. The van der Waals surface area contributed by atoms with Crippen LogP contribution in [0.15, 0.2) is 60.9 Å². The first-order valence-electron chi connectivity index (χ1n) is 7.50. The summed E-state index contributed by atoms with van der Waals surface area (Å²) in [5, 5.41) is 3.11. The first-order chi connectivity index (χ1) is 11.3. The number of halogens is 1. The molecule has 0 aliphatic carbocycles. The van der Waals surface area contributed by atoms with Gasteiger partial charge in [-0.1, -0.05) is 24.3 Å². The number of nitrogens with zero attached hydrogens (tertiary/aromatic N) is 3. The summed E-state index contributed by atoms with van der Waals surface area (Å²) in [7, 11) is 0. The molecule has 3 aromatic rings. The van der Waals surface area contributed by atoms with Crippen LogP contribution in [0.1, 0.15) is 5.56 Å². The van der Waals surface area contributed by atoms with Gasteiger partial charge in [-0.3, -0.25) is 0 Å². The lowest BCUT2D eigenvalue weighted by molar-refractivity contribution is 0.628. The van der Waals surface area contributed by atoms with Crippen molar-refractivity contribution in [3.63, 3.8) is 0 Å². The molecule has 4 nitrogen and oxygen atoms in total. The van der Waals surface area contributed by atoms with Crippen LogP contribution in [0.4, 0.5) is 27.4 Å². The minimum Gasteiger partial charge on any atom is -0.340 e. The molecule has 1 aliphatic heterocycles. The molecule has 0 saturated heterocycles. The summed E-state index contributed by atoms with van der Waals surface area (Å²) in [6.07, 6.45) is 2.53. The zero-order valence-corrected chi connectivity index (χ0v) is 12.4. The monoisotopic (exact) mass is 306 g/mol. The molecule has 5 heteroatoms. The Morgan fingerprint density at radius 2 is 1.91 bits per heavy atom. The molecule has 2 aromatic carbocycles. The Morgan fingerprint density at radius 3 is 2.83 bits per heavy atom. The van der Waals surface area contributed by atoms with Gasteiger partial charge in [0, 0.05) is 24.0 Å². The number of fused-ring (bicyclic) bond motifs is 1. The van der Waals surface area contributed by atoms with Crippen molar-refractivity contribution in [2.45, 2.75) is 6.42 Å². The quantitative estimate of drug-likeness (QED) is 0.792. The Hall–Kier alpha value is -2.95. The predicted molar refractivity (Wildman–Crippen MR) is 88.9 cm³/mol. The van der Waals surface area contributed by atoms with E-state index in [-0.39, 0.29) is 5.82 Å². The molecule has 0 spiro atoms. The molecule has 23 heavy (non-hydrogen) atoms. The highest BCUT2D eigenvalue weighted by atomic mass is 19.1. The summed E-state index contributed by atoms with van der Waals surface area (Å²) in [5.74, 6) is 1.20. The molecule has 1 aromatic heterocycles. The summed E-state index contributed by atoms with van der Waals surface area (Å²) in [6, 6.07) is 16.5. The lowest BCUT2D eigenvalue weighted by Crippen LogP contribution is -2.15. The third kappa shape index (κ3) is 2.73. The molecule has 0 unspecified atom stereocenters. The van der Waals surface area contributed by atoms with Gasteiger partial charge in [-0.25, -0.2) is 14.4 Å². The van der Waals surface area contributed by atoms with Gasteiger partial charge < -0.3 is 10.2 Å². The van der Waals surface area contributed by atoms with Crippen molar-refractivity contribution in [3.8, 4) is 0 Å². The first-order valence-corrected chi connectivity index (χ1v) is 7.50. The topological polar surface area (TPSA) is 41.0 Å². The average molecular weight is 306 g/mol. The fourth-order valence-corrected chi connectivity index (χ4v) is 2.85. The smallest absolute Gasteiger partial charge is 0.138 e. The number of rotatable bonds is 3. The van der Waals surface area contributed by atoms with E-state index in [4.69, 9.17) is 0 Å². The van der Waals surface area contributed by atoms with Gasteiger partial charge in [-0.15, -0.1) is 0 Å². The molecular weight excluding hydrogens is 291 g/mol. The standard InChI is InChI=1S/C18H15FN4/c19-14-5-3-6-15(10-14)22-17-11-18(21-12-20-17)23-9-8-13-4-1-2-7-16(13)23/h1-7,10-12H,8-9H2,(H,20,21,22). The van der Waals surface area contributed by atoms with Gasteiger partial charge in [0.15, 0.2) is 0 Å². The van der Waals surface area contributed by atoms with Crippen LogP contribution in [-0.4, -0.2) is 16.5 Å². The minimum atomic E-state index is -0.280. The number of nitrogens with one attached hydrogen (secondary N) is 1. The van der Waals surface area contributed by atoms with Gasteiger partial charge in [0.2, 0.25) is 0 Å². The van der Waals surface area contributed by atoms with E-state index in [0.717, 1.165) is 18.8 Å². The SMILES string of the molecule is Fc1cccc(Nc2cc(N3CCc4ccccc43)ncn2)c1. The Labute approximate surface area is 133 Å². The van der Waals surface area contributed by atoms with Crippen LogP contribution < -0.4 is 10.2 Å². The van der Waals surface area contributed by atoms with Crippen LogP contribution in [0.25, 0.3) is 0 Å². The van der Waals surface area contributed by atoms with Crippen molar-refractivity contribution in [2.75, 3.05) is 16.8 Å². The molecular formula is C18H15FN4. The predicted octanol–water partition coefficient (Wildman–Crippen LogP) is 4.05. The highest BCUT2D eigenvalue weighted by Crippen LogP contribution is 2.33. The summed E-state index contributed by atoms with van der Waals surface area (Å²) >= 11 is 0. The van der Waals surface area contributed by atoms with Crippen molar-refractivity contribution < 1.29 is 4.39 Å². The van der Waals surface area contributed by atoms with Gasteiger partial charge in [-0.2, -0.15) is 0 Å². The van der Waals surface area contributed by atoms with E-state index in [1.807, 2.05) is 12.1 Å². The maximum absolute atomic E-state index is 13.3. The normalized spacial score (nSPS) is 13.0. The van der Waals surface area contributed by atoms with E-state index in [1.54, 1.807) is 12.1 Å². The molecule has 0 saturated carbocycles. The van der Waals surface area contributed by atoms with E-state index in [9.17, 15) is 4.39 Å². The zero-order chi connectivity index (χ0) is 15.6. The van der Waals surface area contributed by atoms with Crippen LogP contribution in [0.3, 0.4) is 0 Å². The van der Waals surface area contributed by atoms with Crippen molar-refractivity contribution in [1.82, 2.24) is 9.97 Å². The summed E-state index contributed by atoms with van der Waals surface area (Å²) in [5.41, 5.74) is 3.17. The second kappa shape index (κ2) is 5.68. The van der Waals surface area contributed by atoms with Crippen LogP contribution >= 0.6 is 0 Å². The number of hydrogen-bond acceptors (Lipinski definition) is 4. The highest BCUT2D eigenvalue weighted by Gasteiger charge is 2.20. The number of hydrogen-bond donors (Lipinski definition) is 1. The minimum absolute atomic E-state index is 0.280. The maximum atomic E-state index is 13.3. The van der Waals surface area contributed by atoms with Crippen LogP contribution in [0, 0.1) is 5.82 Å². The van der Waals surface area contributed by atoms with Gasteiger partial charge in [-0.05, 0) is 36.2 Å². The summed E-state index contributed by atoms with van der Waals surface area (Å²) in [6.45, 7) is 0.899. The van der Waals surface area contributed by atoms with E-state index >= 15 is 0 Å². The van der Waals surface area contributed by atoms with E-state index < -0.39 is 0 Å². The van der Waals surface area contributed by atoms with Crippen LogP contribution in [0.5, 0.6) is 0 Å². The molecule has 0 radical (unpaired) electrons. The molecule has 0 fully saturated rings. The summed E-state index contributed by atoms with van der Waals surface area (Å²) < 4.78 is 13.3. The Balaban J connectivity index is 1.62. The van der Waals surface area contributed by atoms with Gasteiger partial charge >= 0.3 is 0 Å². The van der Waals surface area contributed by atoms with E-state index in [2.05, 4.69) is 38.4 Å². The van der Waals surface area contributed by atoms with E-state index in [1.165, 1.54) is 29.7 Å². The number of para-hydroxylation sites is 1. The Kier molecular flexibility index (Phi) is 3.38. The lowest BCUT2D eigenvalue weighted by atomic mass is 10.2. The largest absolute Gasteiger partial charge is 0.340 e. The fourth-order valence-electron chi connectivity index (χ4n) is 2.85. The van der Waals surface area contributed by atoms with Gasteiger partial charge in [0.25, 0.3) is 0 Å². The van der Waals surface area contributed by atoms with Crippen molar-refractivity contribution >= 4 is 23.0 Å². The molecule has 0 bridgehead atoms. The second-order valence-corrected chi connectivity index (χ2v) is 5.43. The molecule has 0 amide bonds. The third-order valence-corrected chi connectivity index (χ3v) is 3.91. The molecule has 4 rings (SSSR count). The first kappa shape index (κ1) is 13.7. The van der Waals surface area contributed by atoms with Gasteiger partial charge in [0.1, 0.15) is 23.8 Å². The number of benzene rings is 2. The maximum Gasteiger partial charge on any atom is 0.138 e. The average Bonchev–Trinajstić information content (AvgIpc) is 2.99. The molecule has 0 atom stereocenters. The van der Waals surface area contributed by atoms with Crippen LogP contribution in [-0.2, 0) is 6.42 Å². The fraction of sp³-hybridized carbons (Fsp3) is 0.111. The highest BCUT2D eigenvalue weighted by molar-refractivity contribution is 5.69. The van der Waals surface area contributed by atoms with E-state index in [0.29, 0.717) is 11.5 Å². The Bertz CT molecular complexity index is 850. The van der Waals surface area contributed by atoms with Crippen molar-refractivity contribution in [1.29, 1.82) is 0 Å². The number of aromatic nitrogens is 2.